The average Bonchev–Trinajstić information content (AvgIpc) is 2.94. The fourth-order valence-corrected chi connectivity index (χ4v) is 3.43. The van der Waals surface area contributed by atoms with Crippen LogP contribution in [-0.4, -0.2) is 24.2 Å². The van der Waals surface area contributed by atoms with Crippen molar-refractivity contribution in [2.24, 2.45) is 0 Å². The molecule has 0 spiro atoms. The lowest BCUT2D eigenvalue weighted by Crippen LogP contribution is -2.21. The zero-order valence-electron chi connectivity index (χ0n) is 12.0. The van der Waals surface area contributed by atoms with E-state index in [9.17, 15) is 0 Å². The quantitative estimate of drug-likeness (QED) is 0.889. The number of nitrogens with one attached hydrogen (secondary N) is 1. The highest BCUT2D eigenvalue weighted by atomic mass is 79.9. The monoisotopic (exact) mass is 368 g/mol. The van der Waals surface area contributed by atoms with Gasteiger partial charge in [0.15, 0.2) is 11.5 Å². The Bertz CT molecular complexity index is 643. The normalized spacial score (nSPS) is 13.7. The Kier molecular flexibility index (Phi) is 4.47. The van der Waals surface area contributed by atoms with Crippen LogP contribution in [0.2, 0.25) is 0 Å². The molecule has 21 heavy (non-hydrogen) atoms. The summed E-state index contributed by atoms with van der Waals surface area (Å²) in [5.41, 5.74) is 2.11. The summed E-state index contributed by atoms with van der Waals surface area (Å²) in [6, 6.07) is 4.49. The minimum Gasteiger partial charge on any atom is -0.486 e. The first-order valence-corrected chi connectivity index (χ1v) is 8.58. The van der Waals surface area contributed by atoms with Gasteiger partial charge in [0.05, 0.1) is 10.2 Å². The summed E-state index contributed by atoms with van der Waals surface area (Å²) in [5.74, 6) is 1.56. The highest BCUT2D eigenvalue weighted by Gasteiger charge is 2.18. The van der Waals surface area contributed by atoms with Crippen LogP contribution in [0.5, 0.6) is 11.5 Å². The van der Waals surface area contributed by atoms with Crippen LogP contribution >= 0.6 is 27.3 Å². The maximum absolute atomic E-state index is 5.66. The van der Waals surface area contributed by atoms with E-state index in [4.69, 9.17) is 9.47 Å². The molecule has 0 amide bonds. The Morgan fingerprint density at radius 3 is 2.95 bits per heavy atom. The van der Waals surface area contributed by atoms with Crippen molar-refractivity contribution in [3.8, 4) is 22.1 Å². The molecule has 4 nitrogen and oxygen atoms in total. The van der Waals surface area contributed by atoms with Crippen LogP contribution in [0, 0.1) is 0 Å². The molecule has 0 saturated heterocycles. The lowest BCUT2D eigenvalue weighted by Gasteiger charge is -2.20. The van der Waals surface area contributed by atoms with E-state index in [0.29, 0.717) is 19.3 Å². The summed E-state index contributed by atoms with van der Waals surface area (Å²) in [7, 11) is 0. The molecule has 1 aliphatic heterocycles. The molecule has 0 saturated carbocycles. The van der Waals surface area contributed by atoms with Gasteiger partial charge in [0, 0.05) is 23.5 Å². The van der Waals surface area contributed by atoms with E-state index < -0.39 is 0 Å². The molecule has 0 unspecified atom stereocenters. The average molecular weight is 369 g/mol. The Morgan fingerprint density at radius 2 is 2.14 bits per heavy atom. The van der Waals surface area contributed by atoms with Crippen molar-refractivity contribution in [3.63, 3.8) is 0 Å². The number of benzene rings is 1. The predicted octanol–water partition coefficient (Wildman–Crippen LogP) is 3.84. The van der Waals surface area contributed by atoms with Gasteiger partial charge in [-0.15, -0.1) is 11.3 Å². The first-order chi connectivity index (χ1) is 10.1. The number of hydrogen-bond acceptors (Lipinski definition) is 5. The van der Waals surface area contributed by atoms with Crippen molar-refractivity contribution in [2.75, 3.05) is 13.2 Å². The molecule has 1 aromatic carbocycles. The molecule has 3 rings (SSSR count). The first-order valence-electron chi connectivity index (χ1n) is 6.91. The summed E-state index contributed by atoms with van der Waals surface area (Å²) < 4.78 is 12.2. The smallest absolute Gasteiger partial charge is 0.175 e. The molecule has 1 aromatic heterocycles. The standard InChI is InChI=1S/C15H17BrN2O2S/c1-9(2)17-7-11-8-21-15(18-11)10-5-12(16)14-13(6-10)19-3-4-20-14/h5-6,8-9,17H,3-4,7H2,1-2H3. The Hall–Kier alpha value is -1.11. The second-order valence-electron chi connectivity index (χ2n) is 5.16. The number of fused-ring (bicyclic) bond motifs is 1. The van der Waals surface area contributed by atoms with Crippen LogP contribution in [0.4, 0.5) is 0 Å². The molecule has 6 heteroatoms. The molecule has 1 aliphatic rings. The van der Waals surface area contributed by atoms with E-state index in [-0.39, 0.29) is 0 Å². The van der Waals surface area contributed by atoms with Crippen LogP contribution < -0.4 is 14.8 Å². The van der Waals surface area contributed by atoms with Gasteiger partial charge < -0.3 is 14.8 Å². The minimum absolute atomic E-state index is 0.457. The maximum Gasteiger partial charge on any atom is 0.175 e. The molecule has 0 atom stereocenters. The maximum atomic E-state index is 5.66. The molecule has 0 radical (unpaired) electrons. The molecule has 112 valence electrons. The number of hydrogen-bond donors (Lipinski definition) is 1. The zero-order valence-corrected chi connectivity index (χ0v) is 14.4. The van der Waals surface area contributed by atoms with E-state index in [1.807, 2.05) is 12.1 Å². The predicted molar refractivity (Wildman–Crippen MR) is 88.2 cm³/mol. The number of aromatic nitrogens is 1. The number of nitrogens with zero attached hydrogens (tertiary/aromatic N) is 1. The molecule has 0 bridgehead atoms. The lowest BCUT2D eigenvalue weighted by molar-refractivity contribution is 0.170. The fourth-order valence-electron chi connectivity index (χ4n) is 2.06. The second kappa shape index (κ2) is 6.34. The van der Waals surface area contributed by atoms with Gasteiger partial charge in [0.1, 0.15) is 18.2 Å². The minimum atomic E-state index is 0.457. The van der Waals surface area contributed by atoms with Gasteiger partial charge >= 0.3 is 0 Å². The van der Waals surface area contributed by atoms with Gasteiger partial charge in [-0.05, 0) is 28.1 Å². The van der Waals surface area contributed by atoms with Gasteiger partial charge in [-0.3, -0.25) is 0 Å². The first kappa shape index (κ1) is 14.8. The number of halogens is 1. The van der Waals surface area contributed by atoms with Crippen LogP contribution in [0.15, 0.2) is 22.0 Å². The lowest BCUT2D eigenvalue weighted by atomic mass is 10.2. The zero-order chi connectivity index (χ0) is 14.8. The van der Waals surface area contributed by atoms with Crippen molar-refractivity contribution in [1.29, 1.82) is 0 Å². The van der Waals surface area contributed by atoms with Gasteiger partial charge in [-0.2, -0.15) is 0 Å². The molecular weight excluding hydrogens is 352 g/mol. The van der Waals surface area contributed by atoms with E-state index >= 15 is 0 Å². The Balaban J connectivity index is 1.85. The van der Waals surface area contributed by atoms with E-state index in [0.717, 1.165) is 38.8 Å². The molecule has 2 aromatic rings. The van der Waals surface area contributed by atoms with Crippen LogP contribution in [0.1, 0.15) is 19.5 Å². The highest BCUT2D eigenvalue weighted by Crippen LogP contribution is 2.41. The third kappa shape index (κ3) is 3.39. The molecule has 2 heterocycles. The highest BCUT2D eigenvalue weighted by molar-refractivity contribution is 9.10. The van der Waals surface area contributed by atoms with Gasteiger partial charge in [0.25, 0.3) is 0 Å². The van der Waals surface area contributed by atoms with E-state index in [1.54, 1.807) is 11.3 Å². The van der Waals surface area contributed by atoms with Crippen LogP contribution in [0.25, 0.3) is 10.6 Å². The van der Waals surface area contributed by atoms with E-state index in [2.05, 4.69) is 45.5 Å². The van der Waals surface area contributed by atoms with Crippen molar-refractivity contribution in [1.82, 2.24) is 10.3 Å². The van der Waals surface area contributed by atoms with Crippen LogP contribution in [0.3, 0.4) is 0 Å². The molecular formula is C15H17BrN2O2S. The second-order valence-corrected chi connectivity index (χ2v) is 6.87. The SMILES string of the molecule is CC(C)NCc1csc(-c2cc(Br)c3c(c2)OCCO3)n1. The number of rotatable bonds is 4. The summed E-state index contributed by atoms with van der Waals surface area (Å²) in [6.45, 7) is 6.23. The Morgan fingerprint density at radius 1 is 1.33 bits per heavy atom. The van der Waals surface area contributed by atoms with Gasteiger partial charge in [0.2, 0.25) is 0 Å². The third-order valence-electron chi connectivity index (χ3n) is 3.09. The summed E-state index contributed by atoms with van der Waals surface area (Å²) in [5, 5.41) is 6.46. The molecule has 0 fully saturated rings. The summed E-state index contributed by atoms with van der Waals surface area (Å²) in [6.07, 6.45) is 0. The van der Waals surface area contributed by atoms with Crippen molar-refractivity contribution < 1.29 is 9.47 Å². The van der Waals surface area contributed by atoms with Crippen LogP contribution in [-0.2, 0) is 6.54 Å². The third-order valence-corrected chi connectivity index (χ3v) is 4.62. The number of ether oxygens (including phenoxy) is 2. The largest absolute Gasteiger partial charge is 0.486 e. The topological polar surface area (TPSA) is 43.4 Å². The summed E-state index contributed by atoms with van der Waals surface area (Å²) >= 11 is 5.19. The fraction of sp³-hybridized carbons (Fsp3) is 0.400. The molecule has 1 N–H and O–H groups in total. The van der Waals surface area contributed by atoms with Crippen molar-refractivity contribution in [3.05, 3.63) is 27.7 Å². The van der Waals surface area contributed by atoms with Gasteiger partial charge in [-0.25, -0.2) is 4.98 Å². The number of thiazole rings is 1. The van der Waals surface area contributed by atoms with Crippen molar-refractivity contribution in [2.45, 2.75) is 26.4 Å². The Labute approximate surface area is 136 Å². The van der Waals surface area contributed by atoms with Gasteiger partial charge in [-0.1, -0.05) is 13.8 Å². The summed E-state index contributed by atoms with van der Waals surface area (Å²) in [4.78, 5) is 4.68. The van der Waals surface area contributed by atoms with Crippen molar-refractivity contribution >= 4 is 27.3 Å². The van der Waals surface area contributed by atoms with E-state index in [1.165, 1.54) is 0 Å². The molecule has 0 aliphatic carbocycles.